The number of carbonyl (C=O) groups excluding carboxylic acids is 2. The molecule has 152 valence electrons. The summed E-state index contributed by atoms with van der Waals surface area (Å²) in [6.45, 7) is 7.10. The number of likely N-dealkylation sites (N-methyl/N-ethyl adjacent to an activating group) is 1. The van der Waals surface area contributed by atoms with Crippen LogP contribution in [0.25, 0.3) is 11.4 Å². The Balaban J connectivity index is 1.46. The number of rotatable bonds is 4. The molecule has 7 heteroatoms. The van der Waals surface area contributed by atoms with Crippen molar-refractivity contribution < 1.29 is 9.59 Å². The van der Waals surface area contributed by atoms with Crippen molar-refractivity contribution in [3.63, 3.8) is 0 Å². The van der Waals surface area contributed by atoms with Crippen LogP contribution in [-0.4, -0.2) is 82.3 Å². The van der Waals surface area contributed by atoms with Gasteiger partial charge in [-0.15, -0.1) is 0 Å². The van der Waals surface area contributed by atoms with E-state index in [4.69, 9.17) is 0 Å². The third-order valence-corrected chi connectivity index (χ3v) is 5.76. The molecule has 0 atom stereocenters. The van der Waals surface area contributed by atoms with Gasteiger partial charge in [-0.25, -0.2) is 9.97 Å². The van der Waals surface area contributed by atoms with Crippen LogP contribution < -0.4 is 0 Å². The summed E-state index contributed by atoms with van der Waals surface area (Å²) in [5.74, 6) is 0.521. The number of amides is 2. The number of hydrogen-bond acceptors (Lipinski definition) is 5. The Morgan fingerprint density at radius 2 is 1.83 bits per heavy atom. The molecule has 0 saturated carbocycles. The van der Waals surface area contributed by atoms with Gasteiger partial charge in [-0.3, -0.25) is 9.59 Å². The van der Waals surface area contributed by atoms with E-state index in [1.807, 2.05) is 35.2 Å². The maximum atomic E-state index is 13.1. The lowest BCUT2D eigenvalue weighted by Gasteiger charge is -2.35. The van der Waals surface area contributed by atoms with Crippen LogP contribution in [-0.2, 0) is 11.2 Å². The highest BCUT2D eigenvalue weighted by atomic mass is 16.2. The van der Waals surface area contributed by atoms with Gasteiger partial charge in [-0.2, -0.15) is 0 Å². The van der Waals surface area contributed by atoms with E-state index in [1.54, 1.807) is 11.1 Å². The van der Waals surface area contributed by atoms with Gasteiger partial charge in [0.2, 0.25) is 5.91 Å². The van der Waals surface area contributed by atoms with Crippen molar-refractivity contribution in [2.45, 2.75) is 19.8 Å². The van der Waals surface area contributed by atoms with Crippen molar-refractivity contribution in [2.75, 3.05) is 45.8 Å². The highest BCUT2D eigenvalue weighted by Gasteiger charge is 2.28. The molecule has 0 spiro atoms. The van der Waals surface area contributed by atoms with Crippen LogP contribution in [0.1, 0.15) is 29.4 Å². The molecule has 0 radical (unpaired) electrons. The summed E-state index contributed by atoms with van der Waals surface area (Å²) >= 11 is 0. The zero-order valence-corrected chi connectivity index (χ0v) is 16.9. The predicted octanol–water partition coefficient (Wildman–Crippen LogP) is 1.70. The standard InChI is InChI=1S/C22H27N5O2/c1-2-25-11-13-26(14-12-25)20(28)16-27-10-6-9-19-18(22(27)29)15-23-21(24-19)17-7-4-3-5-8-17/h3-5,7-8,15H,2,6,9-14,16H2,1H3. The SMILES string of the molecule is CCN1CCN(C(=O)CN2CCCc3nc(-c4ccccc4)ncc3C2=O)CC1. The van der Waals surface area contributed by atoms with Crippen molar-refractivity contribution in [1.29, 1.82) is 0 Å². The number of aromatic nitrogens is 2. The van der Waals surface area contributed by atoms with Gasteiger partial charge in [0, 0.05) is 44.5 Å². The average molecular weight is 393 g/mol. The summed E-state index contributed by atoms with van der Waals surface area (Å²) in [5.41, 5.74) is 2.23. The van der Waals surface area contributed by atoms with E-state index in [0.717, 1.165) is 50.4 Å². The van der Waals surface area contributed by atoms with Crippen LogP contribution in [0.4, 0.5) is 0 Å². The Morgan fingerprint density at radius 1 is 1.07 bits per heavy atom. The minimum absolute atomic E-state index is 0.0272. The Labute approximate surface area is 171 Å². The molecule has 1 aromatic heterocycles. The fraction of sp³-hybridized carbons (Fsp3) is 0.455. The fourth-order valence-electron chi connectivity index (χ4n) is 3.95. The van der Waals surface area contributed by atoms with Gasteiger partial charge in [0.05, 0.1) is 11.3 Å². The summed E-state index contributed by atoms with van der Waals surface area (Å²) in [4.78, 5) is 40.8. The smallest absolute Gasteiger partial charge is 0.257 e. The highest BCUT2D eigenvalue weighted by molar-refractivity contribution is 5.97. The zero-order valence-electron chi connectivity index (χ0n) is 16.9. The molecule has 2 aliphatic rings. The molecule has 1 saturated heterocycles. The lowest BCUT2D eigenvalue weighted by molar-refractivity contribution is -0.133. The molecule has 4 rings (SSSR count). The van der Waals surface area contributed by atoms with E-state index >= 15 is 0 Å². The van der Waals surface area contributed by atoms with Gasteiger partial charge in [0.1, 0.15) is 6.54 Å². The molecular weight excluding hydrogens is 366 g/mol. The maximum absolute atomic E-state index is 13.1. The lowest BCUT2D eigenvalue weighted by atomic mass is 10.1. The molecule has 7 nitrogen and oxygen atoms in total. The number of carbonyl (C=O) groups is 2. The molecule has 0 unspecified atom stereocenters. The number of hydrogen-bond donors (Lipinski definition) is 0. The van der Waals surface area contributed by atoms with Gasteiger partial charge in [-0.1, -0.05) is 37.3 Å². The predicted molar refractivity (Wildman–Crippen MR) is 110 cm³/mol. The first-order valence-electron chi connectivity index (χ1n) is 10.4. The van der Waals surface area contributed by atoms with E-state index < -0.39 is 0 Å². The molecule has 0 aliphatic carbocycles. The molecule has 1 aromatic carbocycles. The van der Waals surface area contributed by atoms with E-state index in [0.29, 0.717) is 24.4 Å². The van der Waals surface area contributed by atoms with E-state index in [1.165, 1.54) is 0 Å². The fourth-order valence-corrected chi connectivity index (χ4v) is 3.95. The van der Waals surface area contributed by atoms with Gasteiger partial charge >= 0.3 is 0 Å². The van der Waals surface area contributed by atoms with Crippen LogP contribution in [0.2, 0.25) is 0 Å². The third-order valence-electron chi connectivity index (χ3n) is 5.76. The first kappa shape index (κ1) is 19.5. The molecule has 29 heavy (non-hydrogen) atoms. The summed E-state index contributed by atoms with van der Waals surface area (Å²) in [6.07, 6.45) is 3.12. The first-order valence-corrected chi connectivity index (χ1v) is 10.4. The van der Waals surface area contributed by atoms with Crippen LogP contribution in [0.15, 0.2) is 36.5 Å². The molecule has 3 heterocycles. The lowest BCUT2D eigenvalue weighted by Crippen LogP contribution is -2.51. The molecule has 0 bridgehead atoms. The minimum Gasteiger partial charge on any atom is -0.339 e. The van der Waals surface area contributed by atoms with E-state index in [9.17, 15) is 9.59 Å². The van der Waals surface area contributed by atoms with Crippen molar-refractivity contribution >= 4 is 11.8 Å². The molecule has 0 N–H and O–H groups in total. The molecule has 2 aliphatic heterocycles. The summed E-state index contributed by atoms with van der Waals surface area (Å²) in [5, 5.41) is 0. The van der Waals surface area contributed by atoms with E-state index in [2.05, 4.69) is 21.8 Å². The molecule has 2 amide bonds. The van der Waals surface area contributed by atoms with Crippen LogP contribution >= 0.6 is 0 Å². The number of aryl methyl sites for hydroxylation is 1. The van der Waals surface area contributed by atoms with E-state index in [-0.39, 0.29) is 18.4 Å². The zero-order chi connectivity index (χ0) is 20.2. The Hall–Kier alpha value is -2.80. The number of benzene rings is 1. The normalized spacial score (nSPS) is 17.8. The van der Waals surface area contributed by atoms with Crippen LogP contribution in [0, 0.1) is 0 Å². The Bertz CT molecular complexity index is 878. The number of fused-ring (bicyclic) bond motifs is 1. The third kappa shape index (κ3) is 4.29. The number of nitrogens with zero attached hydrogens (tertiary/aromatic N) is 5. The first-order chi connectivity index (χ1) is 14.2. The van der Waals surface area contributed by atoms with Gasteiger partial charge in [0.25, 0.3) is 5.91 Å². The van der Waals surface area contributed by atoms with Gasteiger partial charge < -0.3 is 14.7 Å². The quantitative estimate of drug-likeness (QED) is 0.791. The summed E-state index contributed by atoms with van der Waals surface area (Å²) < 4.78 is 0. The molecule has 2 aromatic rings. The monoisotopic (exact) mass is 393 g/mol. The van der Waals surface area contributed by atoms with Crippen LogP contribution in [0.5, 0.6) is 0 Å². The highest BCUT2D eigenvalue weighted by Crippen LogP contribution is 2.21. The van der Waals surface area contributed by atoms with Crippen molar-refractivity contribution in [3.05, 3.63) is 47.8 Å². The molecule has 1 fully saturated rings. The van der Waals surface area contributed by atoms with Crippen molar-refractivity contribution in [2.24, 2.45) is 0 Å². The van der Waals surface area contributed by atoms with Crippen LogP contribution in [0.3, 0.4) is 0 Å². The van der Waals surface area contributed by atoms with Gasteiger partial charge in [0.15, 0.2) is 5.82 Å². The number of piperazine rings is 1. The minimum atomic E-state index is -0.141. The second kappa shape index (κ2) is 8.69. The maximum Gasteiger partial charge on any atom is 0.257 e. The Kier molecular flexibility index (Phi) is 5.85. The van der Waals surface area contributed by atoms with Crippen molar-refractivity contribution in [1.82, 2.24) is 24.7 Å². The topological polar surface area (TPSA) is 69.6 Å². The second-order valence-corrected chi connectivity index (χ2v) is 7.57. The Morgan fingerprint density at radius 3 is 2.55 bits per heavy atom. The summed E-state index contributed by atoms with van der Waals surface area (Å²) in [7, 11) is 0. The largest absolute Gasteiger partial charge is 0.339 e. The van der Waals surface area contributed by atoms with Crippen molar-refractivity contribution in [3.8, 4) is 11.4 Å². The average Bonchev–Trinajstić information content (AvgIpc) is 2.93. The second-order valence-electron chi connectivity index (χ2n) is 7.57. The molecular formula is C22H27N5O2. The van der Waals surface area contributed by atoms with Gasteiger partial charge in [-0.05, 0) is 19.4 Å². The summed E-state index contributed by atoms with van der Waals surface area (Å²) in [6, 6.07) is 9.77.